The highest BCUT2D eigenvalue weighted by molar-refractivity contribution is 9.10. The van der Waals surface area contributed by atoms with Crippen molar-refractivity contribution in [1.29, 1.82) is 0 Å². The fraction of sp³-hybridized carbons (Fsp3) is 0.318. The number of rotatable bonds is 5. The second-order valence-corrected chi connectivity index (χ2v) is 8.19. The van der Waals surface area contributed by atoms with Crippen LogP contribution in [-0.2, 0) is 14.3 Å². The van der Waals surface area contributed by atoms with Crippen molar-refractivity contribution in [3.63, 3.8) is 0 Å². The van der Waals surface area contributed by atoms with Crippen LogP contribution in [0.3, 0.4) is 0 Å². The Labute approximate surface area is 187 Å². The highest BCUT2D eigenvalue weighted by Crippen LogP contribution is 2.45. The molecule has 2 aliphatic heterocycles. The number of amides is 2. The van der Waals surface area contributed by atoms with Gasteiger partial charge in [-0.1, -0.05) is 15.9 Å². The van der Waals surface area contributed by atoms with E-state index in [9.17, 15) is 14.4 Å². The molecule has 31 heavy (non-hydrogen) atoms. The predicted octanol–water partition coefficient (Wildman–Crippen LogP) is 3.57. The van der Waals surface area contributed by atoms with Gasteiger partial charge in [-0.25, -0.2) is 4.79 Å². The number of ether oxygens (including phenoxy) is 3. The molecule has 2 aliphatic rings. The molecular weight excluding hydrogens is 468 g/mol. The van der Waals surface area contributed by atoms with Gasteiger partial charge in [0.15, 0.2) is 11.5 Å². The van der Waals surface area contributed by atoms with E-state index in [0.29, 0.717) is 23.4 Å². The van der Waals surface area contributed by atoms with Crippen LogP contribution in [0, 0.1) is 6.92 Å². The van der Waals surface area contributed by atoms with E-state index in [1.807, 2.05) is 19.1 Å². The fourth-order valence-corrected chi connectivity index (χ4v) is 4.24. The minimum Gasteiger partial charge on any atom is -0.493 e. The van der Waals surface area contributed by atoms with E-state index < -0.39 is 18.2 Å². The average Bonchev–Trinajstić information content (AvgIpc) is 3.29. The monoisotopic (exact) mass is 488 g/mol. The summed E-state index contributed by atoms with van der Waals surface area (Å²) in [5.41, 5.74) is 2.27. The Morgan fingerprint density at radius 3 is 2.65 bits per heavy atom. The molecule has 0 aliphatic carbocycles. The van der Waals surface area contributed by atoms with Crippen molar-refractivity contribution in [2.24, 2.45) is 0 Å². The van der Waals surface area contributed by atoms with Crippen molar-refractivity contribution < 1.29 is 28.6 Å². The molecule has 2 heterocycles. The van der Waals surface area contributed by atoms with Crippen LogP contribution < -0.4 is 14.8 Å². The number of nitrogens with zero attached hydrogens (tertiary/aromatic N) is 1. The molecule has 2 amide bonds. The number of cyclic esters (lactones) is 1. The molecule has 1 fully saturated rings. The highest BCUT2D eigenvalue weighted by Gasteiger charge is 2.47. The zero-order valence-electron chi connectivity index (χ0n) is 17.2. The van der Waals surface area contributed by atoms with Crippen LogP contribution in [-0.4, -0.2) is 42.9 Å². The number of benzene rings is 2. The lowest BCUT2D eigenvalue weighted by atomic mass is 10.0. The lowest BCUT2D eigenvalue weighted by Gasteiger charge is -2.29. The van der Waals surface area contributed by atoms with Crippen LogP contribution in [0.15, 0.2) is 34.8 Å². The Balaban J connectivity index is 1.64. The lowest BCUT2D eigenvalue weighted by molar-refractivity contribution is -0.144. The summed E-state index contributed by atoms with van der Waals surface area (Å²) in [7, 11) is 2.90. The van der Waals surface area contributed by atoms with Gasteiger partial charge in [0.1, 0.15) is 11.6 Å². The number of aryl methyl sites for hydroxylation is 1. The fourth-order valence-electron chi connectivity index (χ4n) is 3.99. The Bertz CT molecular complexity index is 1090. The molecular formula is C22H21BrN2O6. The Kier molecular flexibility index (Phi) is 5.62. The number of anilines is 1. The largest absolute Gasteiger partial charge is 0.493 e. The predicted molar refractivity (Wildman–Crippen MR) is 115 cm³/mol. The van der Waals surface area contributed by atoms with Gasteiger partial charge in [-0.05, 0) is 49.2 Å². The molecule has 0 radical (unpaired) electrons. The van der Waals surface area contributed by atoms with Gasteiger partial charge >= 0.3 is 5.97 Å². The molecule has 8 nitrogen and oxygen atoms in total. The number of nitrogens with one attached hydrogen (secondary N) is 1. The van der Waals surface area contributed by atoms with Crippen LogP contribution in [0.25, 0.3) is 0 Å². The van der Waals surface area contributed by atoms with Gasteiger partial charge in [-0.15, -0.1) is 0 Å². The number of carbonyl (C=O) groups is 3. The molecule has 9 heteroatoms. The summed E-state index contributed by atoms with van der Waals surface area (Å²) in [6.07, 6.45) is -0.481. The van der Waals surface area contributed by atoms with E-state index in [-0.39, 0.29) is 29.5 Å². The number of hydrogen-bond acceptors (Lipinski definition) is 6. The molecule has 0 bridgehead atoms. The molecule has 0 aromatic heterocycles. The highest BCUT2D eigenvalue weighted by atomic mass is 79.9. The van der Waals surface area contributed by atoms with Crippen molar-refractivity contribution in [1.82, 2.24) is 4.90 Å². The maximum Gasteiger partial charge on any atom is 0.344 e. The SMILES string of the molecule is COc1ccc2c(c1OC)C(=O)O[C@H]2N1C(=O)CC[C@H]1C(=O)Nc1ccc(Br)c(C)c1. The van der Waals surface area contributed by atoms with Crippen LogP contribution in [0.5, 0.6) is 11.5 Å². The first kappa shape index (κ1) is 21.2. The van der Waals surface area contributed by atoms with Gasteiger partial charge in [-0.2, -0.15) is 0 Å². The second-order valence-electron chi connectivity index (χ2n) is 7.33. The van der Waals surface area contributed by atoms with Gasteiger partial charge in [0.05, 0.1) is 14.2 Å². The molecule has 0 spiro atoms. The quantitative estimate of drug-likeness (QED) is 0.646. The van der Waals surface area contributed by atoms with Crippen LogP contribution in [0.2, 0.25) is 0 Å². The minimum absolute atomic E-state index is 0.189. The number of methoxy groups -OCH3 is 2. The first-order valence-electron chi connectivity index (χ1n) is 9.69. The van der Waals surface area contributed by atoms with E-state index in [1.165, 1.54) is 19.1 Å². The average molecular weight is 489 g/mol. The topological polar surface area (TPSA) is 94.2 Å². The summed E-state index contributed by atoms with van der Waals surface area (Å²) >= 11 is 3.43. The molecule has 0 saturated carbocycles. The Morgan fingerprint density at radius 2 is 1.97 bits per heavy atom. The minimum atomic E-state index is -1.00. The summed E-state index contributed by atoms with van der Waals surface area (Å²) in [6.45, 7) is 1.92. The van der Waals surface area contributed by atoms with Crippen LogP contribution in [0.4, 0.5) is 5.69 Å². The summed E-state index contributed by atoms with van der Waals surface area (Å²) in [4.78, 5) is 39.7. The number of hydrogen-bond donors (Lipinski definition) is 1. The molecule has 0 unspecified atom stereocenters. The van der Waals surface area contributed by atoms with Crippen molar-refractivity contribution >= 4 is 39.4 Å². The Morgan fingerprint density at radius 1 is 1.19 bits per heavy atom. The molecule has 2 aromatic rings. The van der Waals surface area contributed by atoms with Crippen molar-refractivity contribution in [3.05, 3.63) is 51.5 Å². The standard InChI is InChI=1S/C22H21BrN2O6/c1-11-10-12(4-6-14(11)23)24-20(27)15-7-9-17(26)25(15)21-13-5-8-16(29-2)19(30-3)18(13)22(28)31-21/h4-6,8,10,15,21H,7,9H2,1-3H3,(H,24,27)/t15-,21+/m0/s1. The molecule has 1 N–H and O–H groups in total. The van der Waals surface area contributed by atoms with Crippen molar-refractivity contribution in [2.45, 2.75) is 32.0 Å². The van der Waals surface area contributed by atoms with E-state index >= 15 is 0 Å². The number of esters is 1. The maximum atomic E-state index is 13.0. The van der Waals surface area contributed by atoms with Gasteiger partial charge in [0.2, 0.25) is 18.0 Å². The Hall–Kier alpha value is -3.07. The van der Waals surface area contributed by atoms with Crippen molar-refractivity contribution in [2.75, 3.05) is 19.5 Å². The maximum absolute atomic E-state index is 13.0. The smallest absolute Gasteiger partial charge is 0.344 e. The first-order chi connectivity index (χ1) is 14.8. The van der Waals surface area contributed by atoms with Crippen LogP contribution >= 0.6 is 15.9 Å². The third-order valence-corrected chi connectivity index (χ3v) is 6.39. The molecule has 1 saturated heterocycles. The number of fused-ring (bicyclic) bond motifs is 1. The zero-order valence-corrected chi connectivity index (χ0v) is 18.8. The van der Waals surface area contributed by atoms with Gasteiger partial charge < -0.3 is 19.5 Å². The van der Waals surface area contributed by atoms with Crippen molar-refractivity contribution in [3.8, 4) is 11.5 Å². The van der Waals surface area contributed by atoms with Gasteiger partial charge in [-0.3, -0.25) is 14.5 Å². The summed E-state index contributed by atoms with van der Waals surface area (Å²) in [5.74, 6) is -0.597. The lowest BCUT2D eigenvalue weighted by Crippen LogP contribution is -2.43. The third kappa shape index (κ3) is 3.63. The number of likely N-dealkylation sites (tertiary alicyclic amines) is 1. The first-order valence-corrected chi connectivity index (χ1v) is 10.5. The summed E-state index contributed by atoms with van der Waals surface area (Å²) in [6, 6.07) is 7.99. The zero-order chi connectivity index (χ0) is 22.3. The van der Waals surface area contributed by atoms with E-state index in [4.69, 9.17) is 14.2 Å². The number of halogens is 1. The molecule has 4 rings (SSSR count). The molecule has 2 atom stereocenters. The summed E-state index contributed by atoms with van der Waals surface area (Å²) < 4.78 is 17.1. The van der Waals surface area contributed by atoms with Crippen LogP contribution in [0.1, 0.15) is 40.6 Å². The van der Waals surface area contributed by atoms with E-state index in [1.54, 1.807) is 18.2 Å². The second kappa shape index (κ2) is 8.22. The molecule has 162 valence electrons. The molecule has 2 aromatic carbocycles. The number of carbonyl (C=O) groups excluding carboxylic acids is 3. The third-order valence-electron chi connectivity index (χ3n) is 5.50. The van der Waals surface area contributed by atoms with E-state index in [0.717, 1.165) is 10.0 Å². The van der Waals surface area contributed by atoms with Gasteiger partial charge in [0, 0.05) is 22.1 Å². The summed E-state index contributed by atoms with van der Waals surface area (Å²) in [5, 5.41) is 2.86. The van der Waals surface area contributed by atoms with Gasteiger partial charge in [0.25, 0.3) is 0 Å². The van der Waals surface area contributed by atoms with E-state index in [2.05, 4.69) is 21.2 Å². The normalized spacial score (nSPS) is 19.8.